The van der Waals surface area contributed by atoms with Gasteiger partial charge in [0.05, 0.1) is 6.10 Å². The zero-order valence-corrected chi connectivity index (χ0v) is 13.3. The highest BCUT2D eigenvalue weighted by molar-refractivity contribution is 5.24. The Bertz CT molecular complexity index is 419. The molecule has 0 saturated heterocycles. The van der Waals surface area contributed by atoms with E-state index in [4.69, 9.17) is 0 Å². The molecule has 2 fully saturated rings. The average Bonchev–Trinajstić information content (AvgIpc) is 3.36. The van der Waals surface area contributed by atoms with E-state index in [-0.39, 0.29) is 6.10 Å². The van der Waals surface area contributed by atoms with Crippen molar-refractivity contribution in [1.82, 2.24) is 4.90 Å². The van der Waals surface area contributed by atoms with Gasteiger partial charge in [-0.05, 0) is 55.1 Å². The van der Waals surface area contributed by atoms with Crippen LogP contribution in [-0.4, -0.2) is 29.6 Å². The quantitative estimate of drug-likeness (QED) is 0.747. The third kappa shape index (κ3) is 4.82. The van der Waals surface area contributed by atoms with Gasteiger partial charge in [-0.1, -0.05) is 37.6 Å². The molecule has 1 N–H and O–H groups in total. The molecule has 1 aromatic rings. The summed E-state index contributed by atoms with van der Waals surface area (Å²) in [6, 6.07) is 8.58. The molecule has 1 unspecified atom stereocenters. The Morgan fingerprint density at radius 2 is 1.62 bits per heavy atom. The lowest BCUT2D eigenvalue weighted by Gasteiger charge is -2.25. The number of aliphatic hydroxyl groups is 1. The first-order valence-corrected chi connectivity index (χ1v) is 8.74. The fourth-order valence-electron chi connectivity index (χ4n) is 3.10. The number of aliphatic hydroxyl groups excluding tert-OH is 1. The molecule has 0 bridgehead atoms. The second kappa shape index (κ2) is 6.93. The molecule has 116 valence electrons. The van der Waals surface area contributed by atoms with Crippen LogP contribution < -0.4 is 0 Å². The number of rotatable bonds is 9. The summed E-state index contributed by atoms with van der Waals surface area (Å²) >= 11 is 0. The highest BCUT2D eigenvalue weighted by atomic mass is 16.3. The Kier molecular flexibility index (Phi) is 4.97. The van der Waals surface area contributed by atoms with E-state index in [0.29, 0.717) is 0 Å². The van der Waals surface area contributed by atoms with Crippen LogP contribution in [0, 0.1) is 11.8 Å². The smallest absolute Gasteiger partial charge is 0.0916 e. The molecule has 0 aromatic heterocycles. The van der Waals surface area contributed by atoms with Crippen LogP contribution in [0.15, 0.2) is 24.3 Å². The third-order valence-electron chi connectivity index (χ3n) is 4.76. The van der Waals surface area contributed by atoms with Crippen molar-refractivity contribution in [3.8, 4) is 0 Å². The van der Waals surface area contributed by atoms with Crippen molar-refractivity contribution >= 4 is 0 Å². The molecule has 1 aromatic carbocycles. The minimum atomic E-state index is -0.335. The Labute approximate surface area is 129 Å². The van der Waals surface area contributed by atoms with E-state index in [1.807, 2.05) is 0 Å². The van der Waals surface area contributed by atoms with E-state index in [2.05, 4.69) is 36.1 Å². The van der Waals surface area contributed by atoms with Gasteiger partial charge in [0.1, 0.15) is 0 Å². The minimum Gasteiger partial charge on any atom is -0.387 e. The Morgan fingerprint density at radius 3 is 2.10 bits per heavy atom. The van der Waals surface area contributed by atoms with Gasteiger partial charge in [-0.2, -0.15) is 0 Å². The zero-order valence-electron chi connectivity index (χ0n) is 13.3. The maximum atomic E-state index is 10.5. The summed E-state index contributed by atoms with van der Waals surface area (Å²) in [6.07, 6.45) is 7.54. The maximum absolute atomic E-state index is 10.5. The third-order valence-corrected chi connectivity index (χ3v) is 4.76. The molecule has 2 saturated carbocycles. The molecular formula is C19H29NO. The van der Waals surface area contributed by atoms with E-state index < -0.39 is 0 Å². The molecule has 0 aliphatic heterocycles. The highest BCUT2D eigenvalue weighted by Crippen LogP contribution is 2.34. The standard InChI is InChI=1S/C19H29NO/c1-2-3-15-8-10-18(11-9-15)19(21)14-20(12-16-4-5-16)13-17-6-7-17/h8-11,16-17,19,21H,2-7,12-14H2,1H3. The molecular weight excluding hydrogens is 258 g/mol. The van der Waals surface area contributed by atoms with Crippen LogP contribution in [0.4, 0.5) is 0 Å². The first-order chi connectivity index (χ1) is 10.2. The minimum absolute atomic E-state index is 0.335. The number of hydrogen-bond donors (Lipinski definition) is 1. The molecule has 0 amide bonds. The highest BCUT2D eigenvalue weighted by Gasteiger charge is 2.30. The van der Waals surface area contributed by atoms with Crippen molar-refractivity contribution in [1.29, 1.82) is 0 Å². The van der Waals surface area contributed by atoms with Crippen molar-refractivity contribution in [2.75, 3.05) is 19.6 Å². The van der Waals surface area contributed by atoms with Gasteiger partial charge in [0, 0.05) is 19.6 Å². The number of aryl methyl sites for hydroxylation is 1. The molecule has 2 aliphatic rings. The van der Waals surface area contributed by atoms with Gasteiger partial charge < -0.3 is 5.11 Å². The van der Waals surface area contributed by atoms with Gasteiger partial charge in [0.2, 0.25) is 0 Å². The van der Waals surface area contributed by atoms with Gasteiger partial charge in [0.15, 0.2) is 0 Å². The first kappa shape index (κ1) is 15.1. The lowest BCUT2D eigenvalue weighted by Crippen LogP contribution is -2.32. The van der Waals surface area contributed by atoms with Crippen molar-refractivity contribution in [2.24, 2.45) is 11.8 Å². The maximum Gasteiger partial charge on any atom is 0.0916 e. The van der Waals surface area contributed by atoms with Crippen LogP contribution >= 0.6 is 0 Å². The van der Waals surface area contributed by atoms with Crippen molar-refractivity contribution in [3.05, 3.63) is 35.4 Å². The number of hydrogen-bond acceptors (Lipinski definition) is 2. The first-order valence-electron chi connectivity index (χ1n) is 8.74. The number of nitrogens with zero attached hydrogens (tertiary/aromatic N) is 1. The van der Waals surface area contributed by atoms with Crippen LogP contribution in [0.3, 0.4) is 0 Å². The summed E-state index contributed by atoms with van der Waals surface area (Å²) in [5.74, 6) is 1.81. The van der Waals surface area contributed by atoms with Crippen LogP contribution in [-0.2, 0) is 6.42 Å². The summed E-state index contributed by atoms with van der Waals surface area (Å²) in [6.45, 7) is 5.40. The largest absolute Gasteiger partial charge is 0.387 e. The fraction of sp³-hybridized carbons (Fsp3) is 0.684. The van der Waals surface area contributed by atoms with Gasteiger partial charge in [-0.3, -0.25) is 4.90 Å². The molecule has 2 aliphatic carbocycles. The van der Waals surface area contributed by atoms with E-state index in [1.165, 1.54) is 50.8 Å². The number of benzene rings is 1. The lowest BCUT2D eigenvalue weighted by molar-refractivity contribution is 0.107. The predicted octanol–water partition coefficient (Wildman–Crippen LogP) is 3.79. The summed E-state index contributed by atoms with van der Waals surface area (Å²) in [4.78, 5) is 2.51. The van der Waals surface area contributed by atoms with E-state index in [0.717, 1.165) is 30.4 Å². The Morgan fingerprint density at radius 1 is 1.05 bits per heavy atom. The van der Waals surface area contributed by atoms with Gasteiger partial charge in [-0.25, -0.2) is 0 Å². The van der Waals surface area contributed by atoms with Gasteiger partial charge in [-0.15, -0.1) is 0 Å². The van der Waals surface area contributed by atoms with E-state index >= 15 is 0 Å². The van der Waals surface area contributed by atoms with E-state index in [1.54, 1.807) is 0 Å². The Balaban J connectivity index is 1.55. The lowest BCUT2D eigenvalue weighted by atomic mass is 10.0. The normalized spacial score (nSPS) is 20.0. The van der Waals surface area contributed by atoms with Crippen molar-refractivity contribution in [2.45, 2.75) is 51.6 Å². The second-order valence-electron chi connectivity index (χ2n) is 7.11. The fourth-order valence-corrected chi connectivity index (χ4v) is 3.10. The summed E-state index contributed by atoms with van der Waals surface area (Å²) in [5, 5.41) is 10.5. The average molecular weight is 287 g/mol. The van der Waals surface area contributed by atoms with Crippen LogP contribution in [0.5, 0.6) is 0 Å². The van der Waals surface area contributed by atoms with Crippen LogP contribution in [0.1, 0.15) is 56.3 Å². The molecule has 21 heavy (non-hydrogen) atoms. The Hall–Kier alpha value is -0.860. The molecule has 0 spiro atoms. The summed E-state index contributed by atoms with van der Waals surface area (Å²) in [5.41, 5.74) is 2.45. The molecule has 1 atom stereocenters. The molecule has 2 nitrogen and oxygen atoms in total. The van der Waals surface area contributed by atoms with Crippen molar-refractivity contribution in [3.63, 3.8) is 0 Å². The molecule has 3 rings (SSSR count). The second-order valence-corrected chi connectivity index (χ2v) is 7.11. The van der Waals surface area contributed by atoms with Gasteiger partial charge >= 0.3 is 0 Å². The predicted molar refractivity (Wildman–Crippen MR) is 87.3 cm³/mol. The molecule has 2 heteroatoms. The zero-order chi connectivity index (χ0) is 14.7. The summed E-state index contributed by atoms with van der Waals surface area (Å²) in [7, 11) is 0. The van der Waals surface area contributed by atoms with Crippen molar-refractivity contribution < 1.29 is 5.11 Å². The van der Waals surface area contributed by atoms with E-state index in [9.17, 15) is 5.11 Å². The van der Waals surface area contributed by atoms with Crippen LogP contribution in [0.25, 0.3) is 0 Å². The molecule has 0 heterocycles. The SMILES string of the molecule is CCCc1ccc(C(O)CN(CC2CC2)CC2CC2)cc1. The van der Waals surface area contributed by atoms with Gasteiger partial charge in [0.25, 0.3) is 0 Å². The monoisotopic (exact) mass is 287 g/mol. The molecule has 0 radical (unpaired) electrons. The van der Waals surface area contributed by atoms with Crippen LogP contribution in [0.2, 0.25) is 0 Å². The summed E-state index contributed by atoms with van der Waals surface area (Å²) < 4.78 is 0. The topological polar surface area (TPSA) is 23.5 Å².